The second-order valence-electron chi connectivity index (χ2n) is 7.24. The van der Waals surface area contributed by atoms with Gasteiger partial charge in [0.2, 0.25) is 5.89 Å². The molecular weight excluding hydrogens is 382 g/mol. The van der Waals surface area contributed by atoms with E-state index in [-0.39, 0.29) is 16.9 Å². The van der Waals surface area contributed by atoms with E-state index < -0.39 is 6.61 Å². The first-order chi connectivity index (χ1) is 13.7. The Morgan fingerprint density at radius 1 is 1.21 bits per heavy atom. The van der Waals surface area contributed by atoms with Crippen molar-refractivity contribution in [2.75, 3.05) is 13.7 Å². The van der Waals surface area contributed by atoms with Crippen LogP contribution in [0.1, 0.15) is 44.9 Å². The average Bonchev–Trinajstić information content (AvgIpc) is 3.13. The van der Waals surface area contributed by atoms with E-state index in [1.807, 2.05) is 0 Å². The number of ether oxygens (including phenoxy) is 2. The van der Waals surface area contributed by atoms with E-state index in [4.69, 9.17) is 9.15 Å². The Kier molecular flexibility index (Phi) is 7.81. The molecular formula is C20H28F2N4O3. The number of alkyl halides is 2. The lowest BCUT2D eigenvalue weighted by atomic mass is 9.94. The molecule has 2 N–H and O–H groups in total. The van der Waals surface area contributed by atoms with Gasteiger partial charge in [0, 0.05) is 19.0 Å². The summed E-state index contributed by atoms with van der Waals surface area (Å²) in [5.74, 6) is 2.19. The van der Waals surface area contributed by atoms with E-state index in [1.165, 1.54) is 6.07 Å². The van der Waals surface area contributed by atoms with Crippen LogP contribution < -0.4 is 20.1 Å². The average molecular weight is 410 g/mol. The zero-order valence-corrected chi connectivity index (χ0v) is 17.4. The number of hydrogen-bond donors (Lipinski definition) is 2. The number of nitrogens with one attached hydrogen (secondary N) is 2. The molecule has 2 aromatic rings. The molecule has 0 unspecified atom stereocenters. The molecule has 0 radical (unpaired) electrons. The number of nitrogens with zero attached hydrogens (tertiary/aromatic N) is 2. The molecule has 1 aromatic carbocycles. The van der Waals surface area contributed by atoms with Crippen molar-refractivity contribution >= 4 is 5.96 Å². The maximum atomic E-state index is 12.5. The first kappa shape index (κ1) is 22.4. The van der Waals surface area contributed by atoms with E-state index >= 15 is 0 Å². The summed E-state index contributed by atoms with van der Waals surface area (Å²) in [4.78, 5) is 8.43. The van der Waals surface area contributed by atoms with E-state index in [0.29, 0.717) is 31.5 Å². The first-order valence-electron chi connectivity index (χ1n) is 9.33. The first-order valence-corrected chi connectivity index (χ1v) is 9.33. The fourth-order valence-corrected chi connectivity index (χ4v) is 2.43. The molecule has 0 fully saturated rings. The molecule has 0 aliphatic rings. The van der Waals surface area contributed by atoms with Gasteiger partial charge in [-0.2, -0.15) is 8.78 Å². The van der Waals surface area contributed by atoms with Gasteiger partial charge in [0.25, 0.3) is 0 Å². The summed E-state index contributed by atoms with van der Waals surface area (Å²) in [6, 6.07) is 4.81. The summed E-state index contributed by atoms with van der Waals surface area (Å²) in [5, 5.41) is 6.27. The second-order valence-corrected chi connectivity index (χ2v) is 7.24. The number of aliphatic imine (C=N–C) groups is 1. The topological polar surface area (TPSA) is 80.9 Å². The van der Waals surface area contributed by atoms with E-state index in [2.05, 4.69) is 46.1 Å². The summed E-state index contributed by atoms with van der Waals surface area (Å²) in [6.07, 6.45) is 1.73. The fourth-order valence-electron chi connectivity index (χ4n) is 2.43. The van der Waals surface area contributed by atoms with Crippen LogP contribution in [0, 0.1) is 0 Å². The fraction of sp³-hybridized carbons (Fsp3) is 0.500. The molecule has 0 aliphatic carbocycles. The van der Waals surface area contributed by atoms with Crippen molar-refractivity contribution < 1.29 is 22.7 Å². The highest BCUT2D eigenvalue weighted by molar-refractivity contribution is 5.79. The zero-order chi connectivity index (χ0) is 21.4. The van der Waals surface area contributed by atoms with Crippen LogP contribution in [-0.2, 0) is 18.5 Å². The van der Waals surface area contributed by atoms with Crippen molar-refractivity contribution in [3.63, 3.8) is 0 Å². The lowest BCUT2D eigenvalue weighted by molar-refractivity contribution is -0.0514. The van der Waals surface area contributed by atoms with Gasteiger partial charge in [-0.25, -0.2) is 4.98 Å². The third-order valence-corrected chi connectivity index (χ3v) is 3.91. The highest BCUT2D eigenvalue weighted by atomic mass is 19.3. The van der Waals surface area contributed by atoms with Gasteiger partial charge in [-0.3, -0.25) is 4.99 Å². The quantitative estimate of drug-likeness (QED) is 0.508. The number of aromatic nitrogens is 1. The molecule has 0 aliphatic heterocycles. The Hall–Kier alpha value is -2.84. The number of oxazole rings is 1. The molecule has 2 rings (SSSR count). The van der Waals surface area contributed by atoms with Crippen LogP contribution in [0.4, 0.5) is 8.78 Å². The third kappa shape index (κ3) is 6.92. The highest BCUT2D eigenvalue weighted by Crippen LogP contribution is 2.30. The van der Waals surface area contributed by atoms with Gasteiger partial charge in [0.05, 0.1) is 19.3 Å². The van der Waals surface area contributed by atoms with Gasteiger partial charge in [-0.1, -0.05) is 26.8 Å². The second kappa shape index (κ2) is 10.1. The minimum absolute atomic E-state index is 0.00616. The van der Waals surface area contributed by atoms with Gasteiger partial charge in [-0.05, 0) is 24.6 Å². The maximum absolute atomic E-state index is 12.5. The van der Waals surface area contributed by atoms with Crippen LogP contribution in [-0.4, -0.2) is 31.2 Å². The van der Waals surface area contributed by atoms with Crippen LogP contribution in [0.25, 0.3) is 0 Å². The summed E-state index contributed by atoms with van der Waals surface area (Å²) >= 11 is 0. The van der Waals surface area contributed by atoms with Crippen LogP contribution >= 0.6 is 0 Å². The predicted octanol–water partition coefficient (Wildman–Crippen LogP) is 3.84. The van der Waals surface area contributed by atoms with Crippen molar-refractivity contribution in [1.82, 2.24) is 15.6 Å². The van der Waals surface area contributed by atoms with Crippen LogP contribution in [0.5, 0.6) is 11.5 Å². The van der Waals surface area contributed by atoms with Crippen molar-refractivity contribution in [2.24, 2.45) is 4.99 Å². The normalized spacial score (nSPS) is 12.2. The van der Waals surface area contributed by atoms with Gasteiger partial charge < -0.3 is 24.5 Å². The van der Waals surface area contributed by atoms with E-state index in [0.717, 1.165) is 11.3 Å². The zero-order valence-electron chi connectivity index (χ0n) is 17.4. The van der Waals surface area contributed by atoms with Gasteiger partial charge >= 0.3 is 6.61 Å². The number of benzene rings is 1. The monoisotopic (exact) mass is 410 g/mol. The van der Waals surface area contributed by atoms with Crippen LogP contribution in [0.2, 0.25) is 0 Å². The Balaban J connectivity index is 1.94. The molecule has 9 heteroatoms. The smallest absolute Gasteiger partial charge is 0.387 e. The molecule has 0 saturated heterocycles. The standard InChI is InChI=1S/C20H28F2N4O3/c1-6-27-15-9-13(7-8-14(15)28-18(21)22)10-25-19(23-5)26-12-17-24-11-16(29-17)20(2,3)4/h7-9,11,18H,6,10,12H2,1-5H3,(H2,23,25,26). The molecule has 0 spiro atoms. The van der Waals surface area contributed by atoms with Crippen molar-refractivity contribution in [2.45, 2.75) is 52.8 Å². The van der Waals surface area contributed by atoms with Crippen LogP contribution in [0.3, 0.4) is 0 Å². The molecule has 0 saturated carbocycles. The number of halogens is 2. The largest absolute Gasteiger partial charge is 0.490 e. The van der Waals surface area contributed by atoms with Gasteiger partial charge in [0.15, 0.2) is 17.5 Å². The molecule has 0 amide bonds. The molecule has 29 heavy (non-hydrogen) atoms. The maximum Gasteiger partial charge on any atom is 0.387 e. The SMILES string of the molecule is CCOc1cc(CNC(=NC)NCc2ncc(C(C)(C)C)o2)ccc1OC(F)F. The molecule has 7 nitrogen and oxygen atoms in total. The summed E-state index contributed by atoms with van der Waals surface area (Å²) in [5.41, 5.74) is 0.716. The lowest BCUT2D eigenvalue weighted by Crippen LogP contribution is -2.36. The summed E-state index contributed by atoms with van der Waals surface area (Å²) < 4.78 is 40.6. The van der Waals surface area contributed by atoms with E-state index in [9.17, 15) is 8.78 Å². The molecule has 0 atom stereocenters. The van der Waals surface area contributed by atoms with Crippen LogP contribution in [0.15, 0.2) is 33.8 Å². The minimum Gasteiger partial charge on any atom is -0.490 e. The molecule has 0 bridgehead atoms. The van der Waals surface area contributed by atoms with Crippen molar-refractivity contribution in [3.05, 3.63) is 41.6 Å². The van der Waals surface area contributed by atoms with E-state index in [1.54, 1.807) is 32.3 Å². The summed E-state index contributed by atoms with van der Waals surface area (Å²) in [6.45, 7) is 6.16. The number of guanidine groups is 1. The van der Waals surface area contributed by atoms with Crippen molar-refractivity contribution in [1.29, 1.82) is 0 Å². The minimum atomic E-state index is -2.91. The third-order valence-electron chi connectivity index (χ3n) is 3.91. The lowest BCUT2D eigenvalue weighted by Gasteiger charge is -2.15. The number of hydrogen-bond acceptors (Lipinski definition) is 5. The Bertz CT molecular complexity index is 816. The number of rotatable bonds is 8. The highest BCUT2D eigenvalue weighted by Gasteiger charge is 2.19. The van der Waals surface area contributed by atoms with Gasteiger partial charge in [0.1, 0.15) is 5.76 Å². The summed E-state index contributed by atoms with van der Waals surface area (Å²) in [7, 11) is 1.65. The van der Waals surface area contributed by atoms with Crippen molar-refractivity contribution in [3.8, 4) is 11.5 Å². The molecule has 1 heterocycles. The molecule has 160 valence electrons. The molecule has 1 aromatic heterocycles. The Morgan fingerprint density at radius 3 is 2.52 bits per heavy atom. The Morgan fingerprint density at radius 2 is 1.93 bits per heavy atom. The Labute approximate surface area is 169 Å². The predicted molar refractivity (Wildman–Crippen MR) is 106 cm³/mol. The van der Waals surface area contributed by atoms with Gasteiger partial charge in [-0.15, -0.1) is 0 Å².